The van der Waals surface area contributed by atoms with E-state index in [0.717, 1.165) is 16.9 Å². The maximum absolute atomic E-state index is 13.2. The first kappa shape index (κ1) is 21.5. The summed E-state index contributed by atoms with van der Waals surface area (Å²) in [6.45, 7) is 0.404. The zero-order valence-corrected chi connectivity index (χ0v) is 18.4. The molecule has 1 heterocycles. The van der Waals surface area contributed by atoms with Gasteiger partial charge in [-0.05, 0) is 48.5 Å². The number of carbonyl (C=O) groups is 1. The van der Waals surface area contributed by atoms with Gasteiger partial charge in [-0.3, -0.25) is 4.79 Å². The van der Waals surface area contributed by atoms with E-state index in [1.807, 2.05) is 78.5 Å². The highest BCUT2D eigenvalue weighted by Crippen LogP contribution is 2.37. The van der Waals surface area contributed by atoms with Crippen molar-refractivity contribution in [2.45, 2.75) is 37.3 Å². The van der Waals surface area contributed by atoms with Crippen LogP contribution in [0.3, 0.4) is 0 Å². The minimum absolute atomic E-state index is 0.161. The van der Waals surface area contributed by atoms with Crippen LogP contribution in [0.25, 0.3) is 0 Å². The van der Waals surface area contributed by atoms with Crippen LogP contribution in [0, 0.1) is 5.92 Å². The van der Waals surface area contributed by atoms with Crippen LogP contribution >= 0.6 is 12.2 Å². The van der Waals surface area contributed by atoms with Gasteiger partial charge in [0.05, 0.1) is 24.1 Å². The second kappa shape index (κ2) is 8.82. The highest BCUT2D eigenvalue weighted by molar-refractivity contribution is 7.80. The van der Waals surface area contributed by atoms with Gasteiger partial charge in [-0.2, -0.15) is 0 Å². The first-order valence-electron chi connectivity index (χ1n) is 10.4. The number of hydrogen-bond acceptors (Lipinski definition) is 5. The normalized spacial score (nSPS) is 27.4. The average Bonchev–Trinajstić information content (AvgIpc) is 3.12. The molecule has 2 aromatic carbocycles. The molecule has 0 radical (unpaired) electrons. The van der Waals surface area contributed by atoms with Gasteiger partial charge < -0.3 is 30.6 Å². The van der Waals surface area contributed by atoms with Gasteiger partial charge in [-0.15, -0.1) is 0 Å². The molecule has 8 heteroatoms. The molecule has 2 fully saturated rings. The summed E-state index contributed by atoms with van der Waals surface area (Å²) in [5.74, 6) is -0.695. The summed E-state index contributed by atoms with van der Waals surface area (Å²) >= 11 is 5.57. The smallest absolute Gasteiger partial charge is 0.225 e. The summed E-state index contributed by atoms with van der Waals surface area (Å²) in [6.07, 6.45) is -1.84. The number of nitrogens with one attached hydrogen (secondary N) is 2. The molecule has 0 bridgehead atoms. The molecule has 31 heavy (non-hydrogen) atoms. The van der Waals surface area contributed by atoms with E-state index in [1.165, 1.54) is 0 Å². The molecule has 4 rings (SSSR count). The Bertz CT molecular complexity index is 938. The highest BCUT2D eigenvalue weighted by Gasteiger charge is 2.53. The van der Waals surface area contributed by atoms with Crippen LogP contribution in [0.4, 0.5) is 11.4 Å². The molecule has 4 N–H and O–H groups in total. The molecular weight excluding hydrogens is 412 g/mol. The van der Waals surface area contributed by atoms with Gasteiger partial charge in [0.2, 0.25) is 5.91 Å². The number of aliphatic hydroxyl groups excluding tert-OH is 2. The number of benzene rings is 2. The largest absolute Gasteiger partial charge is 0.390 e. The molecule has 2 aliphatic rings. The molecule has 0 aromatic heterocycles. The van der Waals surface area contributed by atoms with Crippen LogP contribution in [0.2, 0.25) is 0 Å². The molecular formula is C23H28N4O3S. The van der Waals surface area contributed by atoms with Gasteiger partial charge in [0.1, 0.15) is 6.10 Å². The fraction of sp³-hybridized carbons (Fsp3) is 0.391. The lowest BCUT2D eigenvalue weighted by molar-refractivity contribution is -0.131. The van der Waals surface area contributed by atoms with Crippen molar-refractivity contribution >= 4 is 34.6 Å². The van der Waals surface area contributed by atoms with E-state index >= 15 is 0 Å². The van der Waals surface area contributed by atoms with Gasteiger partial charge in [0.25, 0.3) is 0 Å². The van der Waals surface area contributed by atoms with E-state index < -0.39 is 30.2 Å². The van der Waals surface area contributed by atoms with Gasteiger partial charge >= 0.3 is 0 Å². The fourth-order valence-electron chi connectivity index (χ4n) is 4.47. The van der Waals surface area contributed by atoms with Crippen LogP contribution < -0.4 is 20.4 Å². The average molecular weight is 441 g/mol. The summed E-state index contributed by atoms with van der Waals surface area (Å²) in [5, 5.41) is 27.6. The molecule has 1 saturated carbocycles. The van der Waals surface area contributed by atoms with Crippen molar-refractivity contribution in [1.82, 2.24) is 10.6 Å². The Morgan fingerprint density at radius 1 is 1.16 bits per heavy atom. The molecule has 1 saturated heterocycles. The number of amides is 1. The highest BCUT2D eigenvalue weighted by atomic mass is 32.1. The Morgan fingerprint density at radius 2 is 1.84 bits per heavy atom. The van der Waals surface area contributed by atoms with E-state index in [9.17, 15) is 15.0 Å². The van der Waals surface area contributed by atoms with Crippen molar-refractivity contribution in [2.75, 3.05) is 23.9 Å². The molecule has 7 nitrogen and oxygen atoms in total. The third-order valence-electron chi connectivity index (χ3n) is 6.14. The maximum atomic E-state index is 13.2. The number of rotatable bonds is 5. The van der Waals surface area contributed by atoms with Crippen LogP contribution in [0.15, 0.2) is 54.6 Å². The number of hydrogen-bond donors (Lipinski definition) is 4. The Hall–Kier alpha value is -2.68. The lowest BCUT2D eigenvalue weighted by atomic mass is 9.77. The molecule has 1 aliphatic carbocycles. The quantitative estimate of drug-likeness (QED) is 0.521. The van der Waals surface area contributed by atoms with Gasteiger partial charge in [-0.25, -0.2) is 0 Å². The zero-order valence-electron chi connectivity index (χ0n) is 17.6. The van der Waals surface area contributed by atoms with Gasteiger partial charge in [0.15, 0.2) is 5.11 Å². The molecule has 1 aliphatic heterocycles. The van der Waals surface area contributed by atoms with E-state index in [4.69, 9.17) is 12.2 Å². The minimum Gasteiger partial charge on any atom is -0.390 e. The zero-order chi connectivity index (χ0) is 22.1. The molecule has 1 amide bonds. The van der Waals surface area contributed by atoms with Crippen molar-refractivity contribution in [3.05, 3.63) is 60.2 Å². The van der Waals surface area contributed by atoms with E-state index in [-0.39, 0.29) is 12.3 Å². The first-order chi connectivity index (χ1) is 14.9. The van der Waals surface area contributed by atoms with Gasteiger partial charge in [-0.1, -0.05) is 30.3 Å². The SMILES string of the molecule is CN(C)c1ccc(N2C(=S)NC3C(O)C(O)CC(C(=O)NCc4ccccc4)C32)cc1. The minimum atomic E-state index is -1.01. The van der Waals surface area contributed by atoms with Crippen LogP contribution in [0.5, 0.6) is 0 Å². The summed E-state index contributed by atoms with van der Waals surface area (Å²) in [4.78, 5) is 17.1. The third kappa shape index (κ3) is 4.23. The summed E-state index contributed by atoms with van der Waals surface area (Å²) in [5.41, 5.74) is 2.90. The second-order valence-corrected chi connectivity index (χ2v) is 8.74. The second-order valence-electron chi connectivity index (χ2n) is 8.35. The number of carbonyl (C=O) groups excluding carboxylic acids is 1. The van der Waals surface area contributed by atoms with E-state index in [1.54, 1.807) is 0 Å². The number of thiocarbonyl (C=S) groups is 1. The molecule has 5 atom stereocenters. The summed E-state index contributed by atoms with van der Waals surface area (Å²) in [7, 11) is 3.94. The van der Waals surface area contributed by atoms with E-state index in [0.29, 0.717) is 11.7 Å². The lowest BCUT2D eigenvalue weighted by Gasteiger charge is -2.41. The Kier molecular flexibility index (Phi) is 6.13. The Morgan fingerprint density at radius 3 is 2.48 bits per heavy atom. The van der Waals surface area contributed by atoms with Crippen molar-refractivity contribution in [3.63, 3.8) is 0 Å². The number of nitrogens with zero attached hydrogens (tertiary/aromatic N) is 2. The Balaban J connectivity index is 1.60. The van der Waals surface area contributed by atoms with Crippen molar-refractivity contribution in [1.29, 1.82) is 0 Å². The van der Waals surface area contributed by atoms with Crippen LogP contribution in [0.1, 0.15) is 12.0 Å². The standard InChI is InChI=1S/C23H28N4O3S/c1-26(2)15-8-10-16(11-9-15)27-20-17(12-18(28)21(29)19(20)25-23(27)31)22(30)24-13-14-6-4-3-5-7-14/h3-11,17-21,28-29H,12-13H2,1-2H3,(H,24,30)(H,25,31). The van der Waals surface area contributed by atoms with Crippen LogP contribution in [-0.2, 0) is 11.3 Å². The molecule has 2 aromatic rings. The monoisotopic (exact) mass is 440 g/mol. The molecule has 0 spiro atoms. The maximum Gasteiger partial charge on any atom is 0.225 e. The molecule has 164 valence electrons. The van der Waals surface area contributed by atoms with Crippen molar-refractivity contribution in [3.8, 4) is 0 Å². The topological polar surface area (TPSA) is 88.1 Å². The van der Waals surface area contributed by atoms with Crippen molar-refractivity contribution < 1.29 is 15.0 Å². The number of aliphatic hydroxyl groups is 2. The summed E-state index contributed by atoms with van der Waals surface area (Å²) < 4.78 is 0. The first-order valence-corrected chi connectivity index (χ1v) is 10.8. The van der Waals surface area contributed by atoms with Crippen LogP contribution in [-0.4, -0.2) is 59.6 Å². The predicted molar refractivity (Wildman–Crippen MR) is 125 cm³/mol. The van der Waals surface area contributed by atoms with E-state index in [2.05, 4.69) is 10.6 Å². The summed E-state index contributed by atoms with van der Waals surface area (Å²) in [6, 6.07) is 16.7. The Labute approximate surface area is 187 Å². The predicted octanol–water partition coefficient (Wildman–Crippen LogP) is 1.24. The molecule has 5 unspecified atom stereocenters. The number of fused-ring (bicyclic) bond motifs is 1. The third-order valence-corrected chi connectivity index (χ3v) is 6.45. The number of anilines is 2. The fourth-order valence-corrected chi connectivity index (χ4v) is 4.83. The lowest BCUT2D eigenvalue weighted by Crippen LogP contribution is -2.60. The van der Waals surface area contributed by atoms with Crippen molar-refractivity contribution in [2.24, 2.45) is 5.92 Å². The van der Waals surface area contributed by atoms with Gasteiger partial charge in [0, 0.05) is 32.0 Å².